The summed E-state index contributed by atoms with van der Waals surface area (Å²) in [6, 6.07) is 42.0. The first kappa shape index (κ1) is 33.0. The molecule has 0 saturated carbocycles. The predicted octanol–water partition coefficient (Wildman–Crippen LogP) is 11.4. The van der Waals surface area contributed by atoms with E-state index >= 15 is 13.2 Å². The Balaban J connectivity index is 1.31. The number of alkyl halides is 3. The lowest BCUT2D eigenvalue weighted by Gasteiger charge is -2.22. The summed E-state index contributed by atoms with van der Waals surface area (Å²) in [5.41, 5.74) is 5.11. The zero-order valence-corrected chi connectivity index (χ0v) is 29.3. The van der Waals surface area contributed by atoms with Gasteiger partial charge in [0.05, 0.1) is 50.6 Å². The first-order valence-electron chi connectivity index (χ1n) is 17.7. The molecule has 0 amide bonds. The number of nitriles is 1. The van der Waals surface area contributed by atoms with E-state index in [2.05, 4.69) is 26.0 Å². The summed E-state index contributed by atoms with van der Waals surface area (Å²) >= 11 is 0. The summed E-state index contributed by atoms with van der Waals surface area (Å²) < 4.78 is 50.9. The minimum absolute atomic E-state index is 0.0437. The number of aromatic nitrogens is 6. The number of rotatable bonds is 5. The molecule has 0 spiro atoms. The zero-order valence-electron chi connectivity index (χ0n) is 29.3. The van der Waals surface area contributed by atoms with Crippen LogP contribution in [0, 0.1) is 11.3 Å². The highest BCUT2D eigenvalue weighted by Crippen LogP contribution is 2.45. The summed E-state index contributed by atoms with van der Waals surface area (Å²) in [5, 5.41) is 13.2. The molecule has 10 heteroatoms. The van der Waals surface area contributed by atoms with Crippen LogP contribution in [0.25, 0.3) is 88.9 Å². The smallest absolute Gasteiger partial charge is 0.309 e. The van der Waals surface area contributed by atoms with Crippen LogP contribution in [-0.4, -0.2) is 29.1 Å². The molecule has 0 aliphatic rings. The highest BCUT2D eigenvalue weighted by atomic mass is 19.4. The lowest BCUT2D eigenvalue weighted by atomic mass is 9.97. The maximum Gasteiger partial charge on any atom is 0.418 e. The van der Waals surface area contributed by atoms with Gasteiger partial charge in [0, 0.05) is 63.0 Å². The van der Waals surface area contributed by atoms with E-state index in [1.165, 1.54) is 6.07 Å². The number of halogens is 3. The summed E-state index contributed by atoms with van der Waals surface area (Å²) in [4.78, 5) is 17.7. The van der Waals surface area contributed by atoms with E-state index in [-0.39, 0.29) is 5.69 Å². The molecule has 10 rings (SSSR count). The second kappa shape index (κ2) is 12.7. The van der Waals surface area contributed by atoms with Crippen molar-refractivity contribution in [3.63, 3.8) is 0 Å². The van der Waals surface area contributed by atoms with Crippen molar-refractivity contribution < 1.29 is 13.2 Å². The Labute approximate surface area is 317 Å². The highest BCUT2D eigenvalue weighted by molar-refractivity contribution is 6.12. The molecule has 0 aliphatic heterocycles. The van der Waals surface area contributed by atoms with Gasteiger partial charge in [-0.3, -0.25) is 0 Å². The molecule has 0 bridgehead atoms. The monoisotopic (exact) mass is 733 g/mol. The van der Waals surface area contributed by atoms with Crippen LogP contribution in [-0.2, 0) is 6.18 Å². The van der Waals surface area contributed by atoms with Gasteiger partial charge in [-0.1, -0.05) is 48.5 Å². The average molecular weight is 734 g/mol. The van der Waals surface area contributed by atoms with Gasteiger partial charge in [0.2, 0.25) is 0 Å². The van der Waals surface area contributed by atoms with Crippen molar-refractivity contribution in [2.45, 2.75) is 6.18 Å². The summed E-state index contributed by atoms with van der Waals surface area (Å²) in [5.74, 6) is 1.05. The van der Waals surface area contributed by atoms with Gasteiger partial charge < -0.3 is 9.13 Å². The number of benzene rings is 6. The molecule has 0 atom stereocenters. The Hall–Kier alpha value is -7.64. The normalized spacial score (nSPS) is 11.8. The lowest BCUT2D eigenvalue weighted by Crippen LogP contribution is -2.13. The van der Waals surface area contributed by atoms with Gasteiger partial charge in [-0.2, -0.15) is 18.4 Å². The Kier molecular flexibility index (Phi) is 7.50. The van der Waals surface area contributed by atoms with Crippen molar-refractivity contribution in [3.05, 3.63) is 169 Å². The van der Waals surface area contributed by atoms with Crippen LogP contribution < -0.4 is 0 Å². The van der Waals surface area contributed by atoms with Gasteiger partial charge in [-0.15, -0.1) is 0 Å². The fourth-order valence-corrected chi connectivity index (χ4v) is 7.80. The Morgan fingerprint density at radius 3 is 1.52 bits per heavy atom. The number of hydrogen-bond acceptors (Lipinski definition) is 5. The maximum absolute atomic E-state index is 15.8. The fraction of sp³-hybridized carbons (Fsp3) is 0.0217. The van der Waals surface area contributed by atoms with Crippen molar-refractivity contribution in [1.29, 1.82) is 5.26 Å². The third-order valence-electron chi connectivity index (χ3n) is 10.2. The van der Waals surface area contributed by atoms with Crippen molar-refractivity contribution in [1.82, 2.24) is 29.1 Å². The maximum atomic E-state index is 15.8. The molecule has 266 valence electrons. The molecule has 7 nitrogen and oxygen atoms in total. The van der Waals surface area contributed by atoms with E-state index in [1.807, 2.05) is 95.6 Å². The van der Waals surface area contributed by atoms with Crippen LogP contribution in [0.15, 0.2) is 158 Å². The minimum atomic E-state index is -4.76. The van der Waals surface area contributed by atoms with Gasteiger partial charge in [0.25, 0.3) is 0 Å². The van der Waals surface area contributed by atoms with E-state index in [9.17, 15) is 5.26 Å². The second-order valence-electron chi connectivity index (χ2n) is 13.4. The summed E-state index contributed by atoms with van der Waals surface area (Å²) in [6.07, 6.45) is 1.90. The second-order valence-corrected chi connectivity index (χ2v) is 13.4. The van der Waals surface area contributed by atoms with Crippen LogP contribution in [0.3, 0.4) is 0 Å². The Bertz CT molecular complexity index is 3200. The predicted molar refractivity (Wildman–Crippen MR) is 212 cm³/mol. The molecule has 0 unspecified atom stereocenters. The molecule has 0 N–H and O–H groups in total. The first-order chi connectivity index (χ1) is 27.4. The van der Waals surface area contributed by atoms with Crippen LogP contribution >= 0.6 is 0 Å². The van der Waals surface area contributed by atoms with Crippen molar-refractivity contribution >= 4 is 43.6 Å². The van der Waals surface area contributed by atoms with E-state index in [4.69, 9.17) is 0 Å². The number of nitrogens with zero attached hydrogens (tertiary/aromatic N) is 7. The number of para-hydroxylation sites is 2. The van der Waals surface area contributed by atoms with E-state index in [0.29, 0.717) is 50.6 Å². The molecular formula is C46H26F3N7. The molecule has 0 saturated heterocycles. The molecule has 6 aromatic carbocycles. The quantitative estimate of drug-likeness (QED) is 0.176. The average Bonchev–Trinajstić information content (AvgIpc) is 3.75. The van der Waals surface area contributed by atoms with Crippen LogP contribution in [0.1, 0.15) is 11.1 Å². The Morgan fingerprint density at radius 1 is 0.464 bits per heavy atom. The molecule has 4 aromatic heterocycles. The largest absolute Gasteiger partial charge is 0.418 e. The lowest BCUT2D eigenvalue weighted by molar-refractivity contribution is -0.137. The summed E-state index contributed by atoms with van der Waals surface area (Å²) in [6.45, 7) is 0. The Morgan fingerprint density at radius 2 is 0.982 bits per heavy atom. The molecule has 0 aliphatic carbocycles. The molecular weight excluding hydrogens is 708 g/mol. The molecule has 56 heavy (non-hydrogen) atoms. The topological polar surface area (TPSA) is 85.2 Å². The van der Waals surface area contributed by atoms with E-state index in [0.717, 1.165) is 38.2 Å². The van der Waals surface area contributed by atoms with E-state index in [1.54, 1.807) is 65.8 Å². The van der Waals surface area contributed by atoms with Crippen molar-refractivity contribution in [2.75, 3.05) is 0 Å². The van der Waals surface area contributed by atoms with Gasteiger partial charge in [-0.25, -0.2) is 19.9 Å². The fourth-order valence-electron chi connectivity index (χ4n) is 7.80. The van der Waals surface area contributed by atoms with Gasteiger partial charge >= 0.3 is 6.18 Å². The third-order valence-corrected chi connectivity index (χ3v) is 10.2. The SMILES string of the molecule is N#Cc1cccc(-c2cc(-n3c4ccccc4c4cc(-c5ncccn5)ccc43)c(C(F)(F)F)cc2-n2c3ccccc3c3cc(-c4ncccn4)ccc32)c1. The molecule has 10 aromatic rings. The minimum Gasteiger partial charge on any atom is -0.309 e. The highest BCUT2D eigenvalue weighted by Gasteiger charge is 2.37. The number of hydrogen-bond donors (Lipinski definition) is 0. The first-order valence-corrected chi connectivity index (χ1v) is 17.7. The molecule has 4 heterocycles. The van der Waals surface area contributed by atoms with Crippen molar-refractivity contribution in [3.8, 4) is 51.3 Å². The van der Waals surface area contributed by atoms with E-state index < -0.39 is 11.7 Å². The third kappa shape index (κ3) is 5.28. The van der Waals surface area contributed by atoms with Crippen LogP contribution in [0.5, 0.6) is 0 Å². The van der Waals surface area contributed by atoms with Gasteiger partial charge in [-0.05, 0) is 90.5 Å². The molecule has 0 radical (unpaired) electrons. The van der Waals surface area contributed by atoms with Crippen LogP contribution in [0.2, 0.25) is 0 Å². The van der Waals surface area contributed by atoms with Gasteiger partial charge in [0.1, 0.15) is 0 Å². The van der Waals surface area contributed by atoms with Gasteiger partial charge in [0.15, 0.2) is 11.6 Å². The zero-order chi connectivity index (χ0) is 38.0. The number of fused-ring (bicyclic) bond motifs is 6. The summed E-state index contributed by atoms with van der Waals surface area (Å²) in [7, 11) is 0. The molecule has 0 fully saturated rings. The van der Waals surface area contributed by atoms with Crippen LogP contribution in [0.4, 0.5) is 13.2 Å². The van der Waals surface area contributed by atoms with Crippen molar-refractivity contribution in [2.24, 2.45) is 0 Å². The standard InChI is InChI=1S/C46H26F3N7/c47-46(48,49)37-26-42(55-38-12-3-1-10-32(38)35-23-30(14-16-40(35)55)44-51-18-6-19-52-44)34(29-9-5-8-28(22-29)27-50)25-43(37)56-39-13-4-2-11-33(39)36-24-31(15-17-41(36)56)45-53-20-7-21-54-45/h1-26H.